The van der Waals surface area contributed by atoms with Gasteiger partial charge in [0.1, 0.15) is 22.5 Å². The topological polar surface area (TPSA) is 130 Å². The quantitative estimate of drug-likeness (QED) is 0.773. The van der Waals surface area contributed by atoms with Crippen LogP contribution in [0.15, 0.2) is 35.6 Å². The first-order valence-corrected chi connectivity index (χ1v) is 9.49. The van der Waals surface area contributed by atoms with Crippen LogP contribution in [-0.4, -0.2) is 47.0 Å². The van der Waals surface area contributed by atoms with Crippen molar-refractivity contribution < 1.29 is 23.7 Å². The van der Waals surface area contributed by atoms with Gasteiger partial charge in [0.2, 0.25) is 5.88 Å². The van der Waals surface area contributed by atoms with Crippen molar-refractivity contribution in [2.45, 2.75) is 30.8 Å². The van der Waals surface area contributed by atoms with Crippen molar-refractivity contribution in [3.63, 3.8) is 0 Å². The third-order valence-electron chi connectivity index (χ3n) is 6.70. The molecule has 1 amide bonds. The van der Waals surface area contributed by atoms with Crippen molar-refractivity contribution in [2.75, 3.05) is 19.0 Å². The number of methoxy groups -OCH3 is 1. The van der Waals surface area contributed by atoms with E-state index in [9.17, 15) is 4.79 Å². The van der Waals surface area contributed by atoms with E-state index in [1.807, 2.05) is 26.0 Å². The van der Waals surface area contributed by atoms with Gasteiger partial charge >= 0.3 is 0 Å². The zero-order valence-electron chi connectivity index (χ0n) is 16.6. The van der Waals surface area contributed by atoms with Gasteiger partial charge in [-0.25, -0.2) is 15.0 Å². The van der Waals surface area contributed by atoms with Gasteiger partial charge in [-0.15, -0.1) is 0 Å². The maximum absolute atomic E-state index is 12.6. The molecule has 1 aromatic carbocycles. The molecule has 3 unspecified atom stereocenters. The van der Waals surface area contributed by atoms with E-state index in [2.05, 4.69) is 20.3 Å². The zero-order chi connectivity index (χ0) is 20.9. The summed E-state index contributed by atoms with van der Waals surface area (Å²) in [6, 6.07) is 5.50. The van der Waals surface area contributed by atoms with Crippen LogP contribution in [-0.2, 0) is 15.0 Å². The molecular weight excluding hydrogens is 390 g/mol. The number of anilines is 1. The Morgan fingerprint density at radius 2 is 2.07 bits per heavy atom. The molecule has 4 heterocycles. The summed E-state index contributed by atoms with van der Waals surface area (Å²) >= 11 is 0. The molecule has 10 nitrogen and oxygen atoms in total. The first-order chi connectivity index (χ1) is 14.3. The molecule has 10 heteroatoms. The molecule has 154 valence electrons. The minimum absolute atomic E-state index is 0.0944. The molecule has 1 aliphatic carbocycles. The number of aromatic nitrogens is 2. The van der Waals surface area contributed by atoms with Crippen molar-refractivity contribution >= 4 is 17.6 Å². The summed E-state index contributed by atoms with van der Waals surface area (Å²) in [4.78, 5) is 25.4. The molecule has 3 spiro atoms. The second kappa shape index (κ2) is 5.01. The van der Waals surface area contributed by atoms with Gasteiger partial charge in [-0.3, -0.25) is 4.79 Å². The van der Waals surface area contributed by atoms with Crippen molar-refractivity contribution in [3.8, 4) is 11.6 Å². The molecule has 30 heavy (non-hydrogen) atoms. The second-order valence-electron chi connectivity index (χ2n) is 8.29. The Labute approximate surface area is 171 Å². The Bertz CT molecular complexity index is 1150. The zero-order valence-corrected chi connectivity index (χ0v) is 16.6. The number of hydrogen-bond acceptors (Lipinski definition) is 9. The maximum atomic E-state index is 12.6. The number of carbonyl (C=O) groups is 1. The lowest BCUT2D eigenvalue weighted by Gasteiger charge is -2.45. The van der Waals surface area contributed by atoms with Crippen molar-refractivity contribution in [2.24, 2.45) is 16.1 Å². The van der Waals surface area contributed by atoms with Gasteiger partial charge < -0.3 is 30.0 Å². The van der Waals surface area contributed by atoms with Gasteiger partial charge in [0, 0.05) is 11.3 Å². The molecule has 1 saturated carbocycles. The van der Waals surface area contributed by atoms with Crippen LogP contribution in [0.1, 0.15) is 29.9 Å². The Morgan fingerprint density at radius 3 is 2.73 bits per heavy atom. The molecule has 1 aromatic heterocycles. The first kappa shape index (κ1) is 17.5. The Kier molecular flexibility index (Phi) is 2.92. The van der Waals surface area contributed by atoms with E-state index in [-0.39, 0.29) is 11.7 Å². The van der Waals surface area contributed by atoms with E-state index in [1.54, 1.807) is 6.07 Å². The average molecular weight is 409 g/mol. The number of benzene rings is 1. The van der Waals surface area contributed by atoms with Gasteiger partial charge in [0.15, 0.2) is 5.54 Å². The predicted octanol–water partition coefficient (Wildman–Crippen LogP) is 1.18. The number of nitrogens with two attached hydrogens (primary N) is 1. The summed E-state index contributed by atoms with van der Waals surface area (Å²) in [5.41, 5.74) is 5.60. The lowest BCUT2D eigenvalue weighted by atomic mass is 9.77. The molecular formula is C20H19N5O5. The fourth-order valence-electron chi connectivity index (χ4n) is 5.35. The summed E-state index contributed by atoms with van der Waals surface area (Å²) in [5, 5.41) is 2.84. The summed E-state index contributed by atoms with van der Waals surface area (Å²) in [6.07, 6.45) is 2.74. The minimum atomic E-state index is -0.955. The van der Waals surface area contributed by atoms with Crippen molar-refractivity contribution in [3.05, 3.63) is 41.9 Å². The Hall–Kier alpha value is -3.40. The number of fused-ring (bicyclic) bond motifs is 1. The number of amides is 1. The predicted molar refractivity (Wildman–Crippen MR) is 103 cm³/mol. The van der Waals surface area contributed by atoms with E-state index in [0.717, 1.165) is 5.56 Å². The number of nitrogens with one attached hydrogen (secondary N) is 1. The van der Waals surface area contributed by atoms with Crippen LogP contribution < -0.4 is 20.5 Å². The standard InChI is InChI=1S/C20H19N5O5/c1-17(2)18-9-28-20(18)19(18,25-16(21)30-20)11-6-10(4-5-13(11)29-17)24-15(26)12-7-23-14(27-3)8-22-12/h4-8H,9H2,1-3H3,(H2,21,25)(H,24,26). The molecule has 0 bridgehead atoms. The largest absolute Gasteiger partial charge is 0.486 e. The van der Waals surface area contributed by atoms with Gasteiger partial charge in [-0.05, 0) is 32.0 Å². The highest BCUT2D eigenvalue weighted by Gasteiger charge is 3.06. The van der Waals surface area contributed by atoms with Gasteiger partial charge in [0.05, 0.1) is 26.1 Å². The third kappa shape index (κ3) is 1.63. The molecule has 0 radical (unpaired) electrons. The third-order valence-corrected chi connectivity index (χ3v) is 6.70. The summed E-state index contributed by atoms with van der Waals surface area (Å²) in [6.45, 7) is 4.47. The molecule has 4 aliphatic rings. The number of aliphatic imine (C=N–C) groups is 1. The highest BCUT2D eigenvalue weighted by molar-refractivity contribution is 6.02. The summed E-state index contributed by atoms with van der Waals surface area (Å²) < 4.78 is 23.0. The molecule has 2 fully saturated rings. The van der Waals surface area contributed by atoms with Crippen LogP contribution in [0.3, 0.4) is 0 Å². The van der Waals surface area contributed by atoms with Crippen LogP contribution in [0, 0.1) is 5.41 Å². The Morgan fingerprint density at radius 1 is 1.23 bits per heavy atom. The number of hydrogen-bond donors (Lipinski definition) is 2. The molecule has 3 atom stereocenters. The highest BCUT2D eigenvalue weighted by Crippen LogP contribution is 2.89. The number of amidine groups is 1. The number of ether oxygens (including phenoxy) is 4. The minimum Gasteiger partial charge on any atom is -0.486 e. The Balaban J connectivity index is 1.38. The van der Waals surface area contributed by atoms with E-state index in [4.69, 9.17) is 24.7 Å². The molecule has 1 saturated heterocycles. The van der Waals surface area contributed by atoms with E-state index < -0.39 is 28.2 Å². The van der Waals surface area contributed by atoms with Crippen LogP contribution in [0.2, 0.25) is 0 Å². The second-order valence-corrected chi connectivity index (χ2v) is 8.29. The van der Waals surface area contributed by atoms with Gasteiger partial charge in [0.25, 0.3) is 17.7 Å². The lowest BCUT2D eigenvalue weighted by Crippen LogP contribution is -2.58. The first-order valence-electron chi connectivity index (χ1n) is 9.49. The number of nitrogens with zero attached hydrogens (tertiary/aromatic N) is 3. The molecule has 3 aliphatic heterocycles. The van der Waals surface area contributed by atoms with E-state index >= 15 is 0 Å². The molecule has 2 aromatic rings. The van der Waals surface area contributed by atoms with Crippen molar-refractivity contribution in [1.29, 1.82) is 0 Å². The van der Waals surface area contributed by atoms with Crippen LogP contribution in [0.5, 0.6) is 11.6 Å². The summed E-state index contributed by atoms with van der Waals surface area (Å²) in [7, 11) is 1.48. The monoisotopic (exact) mass is 409 g/mol. The van der Waals surface area contributed by atoms with Crippen LogP contribution >= 0.6 is 0 Å². The van der Waals surface area contributed by atoms with Crippen LogP contribution in [0.4, 0.5) is 5.69 Å². The normalized spacial score (nSPS) is 33.2. The maximum Gasteiger partial charge on any atom is 0.285 e. The smallest absolute Gasteiger partial charge is 0.285 e. The fourth-order valence-corrected chi connectivity index (χ4v) is 5.35. The van der Waals surface area contributed by atoms with Crippen LogP contribution in [0.25, 0.3) is 0 Å². The molecule has 3 N–H and O–H groups in total. The fraction of sp³-hybridized carbons (Fsp3) is 0.400. The number of carbonyl (C=O) groups excluding carboxylic acids is 1. The SMILES string of the molecule is COc1cnc(C(=O)Nc2ccc3c(c2)C24N=C(N)OC25OCC54C(C)(C)O3)cn1. The van der Waals surface area contributed by atoms with Gasteiger partial charge in [-0.1, -0.05) is 0 Å². The summed E-state index contributed by atoms with van der Waals surface area (Å²) in [5.74, 6) is -0.365. The average Bonchev–Trinajstić information content (AvgIpc) is 2.92. The molecule has 6 rings (SSSR count). The lowest BCUT2D eigenvalue weighted by molar-refractivity contribution is -0.263. The number of rotatable bonds is 3. The highest BCUT2D eigenvalue weighted by atomic mass is 16.8. The van der Waals surface area contributed by atoms with Crippen molar-refractivity contribution in [1.82, 2.24) is 9.97 Å². The van der Waals surface area contributed by atoms with E-state index in [1.165, 1.54) is 19.5 Å². The van der Waals surface area contributed by atoms with Gasteiger partial charge in [-0.2, -0.15) is 0 Å². The van der Waals surface area contributed by atoms with E-state index in [0.29, 0.717) is 23.9 Å².